The second-order valence-electron chi connectivity index (χ2n) is 2.88. The Morgan fingerprint density at radius 1 is 1.62 bits per heavy atom. The molecule has 1 rings (SSSR count). The molecule has 0 radical (unpaired) electrons. The van der Waals surface area contributed by atoms with Crippen LogP contribution in [0, 0.1) is 0 Å². The molecule has 0 amide bonds. The van der Waals surface area contributed by atoms with Crippen LogP contribution in [0.15, 0.2) is 29.0 Å². The normalized spacial score (nSPS) is 10.7. The van der Waals surface area contributed by atoms with Gasteiger partial charge in [-0.25, -0.2) is 0 Å². The lowest BCUT2D eigenvalue weighted by Gasteiger charge is -2.01. The molecule has 1 N–H and O–H groups in total. The van der Waals surface area contributed by atoms with Gasteiger partial charge in [0.2, 0.25) is 5.78 Å². The summed E-state index contributed by atoms with van der Waals surface area (Å²) in [5, 5.41) is 0. The van der Waals surface area contributed by atoms with Crippen molar-refractivity contribution in [2.75, 3.05) is 14.1 Å². The summed E-state index contributed by atoms with van der Waals surface area (Å²) in [6, 6.07) is 1.75. The molecule has 3 nitrogen and oxygen atoms in total. The molecule has 0 bridgehead atoms. The number of aromatic amines is 1. The number of allylic oxidation sites excluding steroid dienone is 1. The van der Waals surface area contributed by atoms with Gasteiger partial charge in [0.1, 0.15) is 0 Å². The lowest BCUT2D eigenvalue weighted by Crippen LogP contribution is -2.03. The van der Waals surface area contributed by atoms with Crippen molar-refractivity contribution < 1.29 is 4.79 Å². The van der Waals surface area contributed by atoms with Crippen molar-refractivity contribution in [2.24, 2.45) is 0 Å². The van der Waals surface area contributed by atoms with Crippen molar-refractivity contribution in [1.82, 2.24) is 9.88 Å². The van der Waals surface area contributed by atoms with Crippen LogP contribution in [0.5, 0.6) is 0 Å². The molecule has 4 heteroatoms. The Balaban J connectivity index is 2.69. The van der Waals surface area contributed by atoms with Gasteiger partial charge in [0.05, 0.1) is 5.69 Å². The summed E-state index contributed by atoms with van der Waals surface area (Å²) in [5.41, 5.74) is 0.588. The predicted octanol–water partition coefficient (Wildman–Crippen LogP) is 2.04. The van der Waals surface area contributed by atoms with E-state index < -0.39 is 0 Å². The summed E-state index contributed by atoms with van der Waals surface area (Å²) >= 11 is 3.26. The van der Waals surface area contributed by atoms with Crippen LogP contribution < -0.4 is 0 Å². The largest absolute Gasteiger partial charge is 0.383 e. The molecule has 13 heavy (non-hydrogen) atoms. The van der Waals surface area contributed by atoms with Crippen LogP contribution in [0.3, 0.4) is 0 Å². The molecule has 1 aromatic rings. The molecule has 1 heterocycles. The Labute approximate surface area is 85.6 Å². The Bertz CT molecular complexity index is 328. The molecule has 0 aliphatic rings. The highest BCUT2D eigenvalue weighted by molar-refractivity contribution is 9.10. The maximum absolute atomic E-state index is 11.4. The first-order valence-corrected chi connectivity index (χ1v) is 4.62. The van der Waals surface area contributed by atoms with Crippen LogP contribution in [-0.2, 0) is 0 Å². The molecule has 70 valence electrons. The van der Waals surface area contributed by atoms with Gasteiger partial charge in [-0.1, -0.05) is 0 Å². The Hall–Kier alpha value is -1.03. The quantitative estimate of drug-likeness (QED) is 0.651. The van der Waals surface area contributed by atoms with Crippen molar-refractivity contribution in [3.05, 3.63) is 34.7 Å². The van der Waals surface area contributed by atoms with Gasteiger partial charge in [0.15, 0.2) is 0 Å². The molecule has 0 saturated carbocycles. The first-order chi connectivity index (χ1) is 6.09. The lowest BCUT2D eigenvalue weighted by molar-refractivity contribution is 0.104. The molecular formula is C9H11BrN2O. The highest BCUT2D eigenvalue weighted by atomic mass is 79.9. The zero-order valence-electron chi connectivity index (χ0n) is 7.54. The zero-order valence-corrected chi connectivity index (χ0v) is 9.13. The van der Waals surface area contributed by atoms with Gasteiger partial charge in [-0.2, -0.15) is 0 Å². The van der Waals surface area contributed by atoms with Crippen molar-refractivity contribution in [1.29, 1.82) is 0 Å². The second-order valence-corrected chi connectivity index (χ2v) is 3.79. The Kier molecular flexibility index (Phi) is 3.31. The van der Waals surface area contributed by atoms with E-state index in [9.17, 15) is 4.79 Å². The SMILES string of the molecule is CN(C)/C=C\C(=O)c1cc(Br)c[nH]1. The average molecular weight is 243 g/mol. The predicted molar refractivity (Wildman–Crippen MR) is 55.7 cm³/mol. The maximum atomic E-state index is 11.4. The molecule has 1 aromatic heterocycles. The summed E-state index contributed by atoms with van der Waals surface area (Å²) in [6.45, 7) is 0. The van der Waals surface area contributed by atoms with E-state index in [1.54, 1.807) is 18.5 Å². The minimum absolute atomic E-state index is 0.0283. The van der Waals surface area contributed by atoms with Crippen LogP contribution in [0.25, 0.3) is 0 Å². The number of rotatable bonds is 3. The van der Waals surface area contributed by atoms with E-state index in [-0.39, 0.29) is 5.78 Å². The molecule has 0 aliphatic carbocycles. The van der Waals surface area contributed by atoms with Crippen molar-refractivity contribution in [3.63, 3.8) is 0 Å². The molecule has 0 atom stereocenters. The van der Waals surface area contributed by atoms with E-state index in [0.717, 1.165) is 4.47 Å². The van der Waals surface area contributed by atoms with Gasteiger partial charge in [0.25, 0.3) is 0 Å². The fourth-order valence-corrected chi connectivity index (χ4v) is 1.16. The Morgan fingerprint density at radius 3 is 2.77 bits per heavy atom. The van der Waals surface area contributed by atoms with Gasteiger partial charge < -0.3 is 9.88 Å². The van der Waals surface area contributed by atoms with E-state index in [2.05, 4.69) is 20.9 Å². The fourth-order valence-electron chi connectivity index (χ4n) is 0.817. The van der Waals surface area contributed by atoms with Crippen LogP contribution >= 0.6 is 15.9 Å². The summed E-state index contributed by atoms with van der Waals surface area (Å²) in [7, 11) is 3.74. The number of carbonyl (C=O) groups excluding carboxylic acids is 1. The minimum Gasteiger partial charge on any atom is -0.383 e. The van der Waals surface area contributed by atoms with E-state index in [0.29, 0.717) is 5.69 Å². The summed E-state index contributed by atoms with van der Waals surface area (Å²) in [6.07, 6.45) is 4.98. The third-order valence-corrected chi connectivity index (χ3v) is 1.90. The number of carbonyl (C=O) groups is 1. The monoisotopic (exact) mass is 242 g/mol. The third-order valence-electron chi connectivity index (χ3n) is 1.44. The molecule has 0 spiro atoms. The molecule has 0 saturated heterocycles. The van der Waals surface area contributed by atoms with Crippen molar-refractivity contribution in [2.45, 2.75) is 0 Å². The summed E-state index contributed by atoms with van der Waals surface area (Å²) in [5.74, 6) is -0.0283. The summed E-state index contributed by atoms with van der Waals surface area (Å²) in [4.78, 5) is 16.1. The second kappa shape index (κ2) is 4.28. The van der Waals surface area contributed by atoms with Gasteiger partial charge in [-0.05, 0) is 22.0 Å². The number of H-pyrrole nitrogens is 1. The Morgan fingerprint density at radius 2 is 2.31 bits per heavy atom. The van der Waals surface area contributed by atoms with Gasteiger partial charge in [-0.3, -0.25) is 4.79 Å². The highest BCUT2D eigenvalue weighted by Crippen LogP contribution is 2.11. The van der Waals surface area contributed by atoms with Gasteiger partial charge in [0, 0.05) is 37.0 Å². The highest BCUT2D eigenvalue weighted by Gasteiger charge is 2.03. The number of hydrogen-bond donors (Lipinski definition) is 1. The average Bonchev–Trinajstić information content (AvgIpc) is 2.47. The number of aromatic nitrogens is 1. The number of hydrogen-bond acceptors (Lipinski definition) is 2. The zero-order chi connectivity index (χ0) is 9.84. The van der Waals surface area contributed by atoms with Crippen LogP contribution in [0.2, 0.25) is 0 Å². The minimum atomic E-state index is -0.0283. The first-order valence-electron chi connectivity index (χ1n) is 3.82. The van der Waals surface area contributed by atoms with E-state index in [4.69, 9.17) is 0 Å². The molecule has 0 unspecified atom stereocenters. The van der Waals surface area contributed by atoms with E-state index in [1.807, 2.05) is 19.0 Å². The van der Waals surface area contributed by atoms with Crippen molar-refractivity contribution >= 4 is 21.7 Å². The molecular weight excluding hydrogens is 232 g/mol. The molecule has 0 fully saturated rings. The lowest BCUT2D eigenvalue weighted by atomic mass is 10.3. The maximum Gasteiger partial charge on any atom is 0.203 e. The molecule has 0 aromatic carbocycles. The van der Waals surface area contributed by atoms with Crippen LogP contribution in [0.1, 0.15) is 10.5 Å². The smallest absolute Gasteiger partial charge is 0.203 e. The van der Waals surface area contributed by atoms with E-state index in [1.165, 1.54) is 6.08 Å². The number of ketones is 1. The summed E-state index contributed by atoms with van der Waals surface area (Å²) < 4.78 is 0.883. The number of halogens is 1. The van der Waals surface area contributed by atoms with Crippen molar-refractivity contribution in [3.8, 4) is 0 Å². The number of nitrogens with zero attached hydrogens (tertiary/aromatic N) is 1. The fraction of sp³-hybridized carbons (Fsp3) is 0.222. The standard InChI is InChI=1S/C9H11BrN2O/c1-12(2)4-3-9(13)8-5-7(10)6-11-8/h3-6,11H,1-2H3/b4-3-. The topological polar surface area (TPSA) is 36.1 Å². The van der Waals surface area contributed by atoms with Crippen LogP contribution in [0.4, 0.5) is 0 Å². The van der Waals surface area contributed by atoms with E-state index >= 15 is 0 Å². The first kappa shape index (κ1) is 10.1. The van der Waals surface area contributed by atoms with Gasteiger partial charge >= 0.3 is 0 Å². The third kappa shape index (κ3) is 3.06. The van der Waals surface area contributed by atoms with Crippen LogP contribution in [-0.4, -0.2) is 29.8 Å². The number of nitrogens with one attached hydrogen (secondary N) is 1. The van der Waals surface area contributed by atoms with Gasteiger partial charge in [-0.15, -0.1) is 0 Å². The molecule has 0 aliphatic heterocycles.